The van der Waals surface area contributed by atoms with Gasteiger partial charge in [-0.1, -0.05) is 28.1 Å². The number of nitrogens with two attached hydrogens (primary N) is 1. The Labute approximate surface area is 110 Å². The highest BCUT2D eigenvalue weighted by molar-refractivity contribution is 9.10. The summed E-state index contributed by atoms with van der Waals surface area (Å²) >= 11 is 7.77. The molecule has 3 N–H and O–H groups in total. The molecule has 1 rings (SSSR count). The molecule has 0 aliphatic heterocycles. The van der Waals surface area contributed by atoms with Gasteiger partial charge in [-0.3, -0.25) is 4.72 Å². The minimum Gasteiger partial charge on any atom is -0.389 e. The first-order valence-corrected chi connectivity index (χ1v) is 6.88. The number of hydrogen-bond donors (Lipinski definition) is 2. The summed E-state index contributed by atoms with van der Waals surface area (Å²) in [6.45, 7) is 0. The van der Waals surface area contributed by atoms with E-state index >= 15 is 0 Å². The van der Waals surface area contributed by atoms with E-state index in [1.54, 1.807) is 10.8 Å². The van der Waals surface area contributed by atoms with Crippen molar-refractivity contribution in [2.45, 2.75) is 5.76 Å². The molecule has 0 radical (unpaired) electrons. The summed E-state index contributed by atoms with van der Waals surface area (Å²) in [7, 11) is -4.74. The highest BCUT2D eigenvalue weighted by Crippen LogP contribution is 2.23. The van der Waals surface area contributed by atoms with E-state index in [-0.39, 0.29) is 16.2 Å². The maximum absolute atomic E-state index is 12.2. The first-order valence-electron chi connectivity index (χ1n) is 4.13. The SMILES string of the molecule is NC(=S)c1ccc(Br)cc1NS(=O)(=O)C(F)F. The fourth-order valence-electron chi connectivity index (χ4n) is 1.01. The van der Waals surface area contributed by atoms with Crippen LogP contribution in [0.3, 0.4) is 0 Å². The fourth-order valence-corrected chi connectivity index (χ4v) is 2.12. The van der Waals surface area contributed by atoms with E-state index in [0.717, 1.165) is 0 Å². The second-order valence-corrected chi connectivity index (χ2v) is 5.97. The van der Waals surface area contributed by atoms with E-state index in [0.29, 0.717) is 4.47 Å². The van der Waals surface area contributed by atoms with E-state index in [9.17, 15) is 17.2 Å². The predicted octanol–water partition coefficient (Wildman–Crippen LogP) is 2.05. The van der Waals surface area contributed by atoms with Crippen molar-refractivity contribution >= 4 is 48.8 Å². The zero-order valence-electron chi connectivity index (χ0n) is 8.15. The van der Waals surface area contributed by atoms with E-state index in [4.69, 9.17) is 5.73 Å². The van der Waals surface area contributed by atoms with Crippen LogP contribution in [-0.2, 0) is 10.0 Å². The molecule has 1 aromatic carbocycles. The number of halogens is 3. The second-order valence-electron chi connectivity index (χ2n) is 2.96. The number of thiocarbonyl (C=S) groups is 1. The minimum absolute atomic E-state index is 0.0906. The third-order valence-electron chi connectivity index (χ3n) is 1.73. The Morgan fingerprint density at radius 2 is 2.06 bits per heavy atom. The summed E-state index contributed by atoms with van der Waals surface area (Å²) in [5.41, 5.74) is 5.44. The summed E-state index contributed by atoms with van der Waals surface area (Å²) < 4.78 is 48.7. The number of sulfonamides is 1. The quantitative estimate of drug-likeness (QED) is 0.820. The van der Waals surface area contributed by atoms with Crippen molar-refractivity contribution in [2.75, 3.05) is 4.72 Å². The molecule has 9 heteroatoms. The lowest BCUT2D eigenvalue weighted by Crippen LogP contribution is -2.23. The van der Waals surface area contributed by atoms with Crippen molar-refractivity contribution in [1.29, 1.82) is 0 Å². The minimum atomic E-state index is -4.74. The van der Waals surface area contributed by atoms with Crippen LogP contribution in [0.5, 0.6) is 0 Å². The molecule has 1 aromatic rings. The molecule has 0 amide bonds. The van der Waals surface area contributed by atoms with E-state index < -0.39 is 15.8 Å². The molecule has 0 bridgehead atoms. The van der Waals surface area contributed by atoms with Crippen molar-refractivity contribution < 1.29 is 17.2 Å². The van der Waals surface area contributed by atoms with Gasteiger partial charge in [-0.25, -0.2) is 8.42 Å². The van der Waals surface area contributed by atoms with Crippen LogP contribution < -0.4 is 10.5 Å². The Kier molecular flexibility index (Phi) is 4.39. The van der Waals surface area contributed by atoms with Gasteiger partial charge in [-0.05, 0) is 18.2 Å². The van der Waals surface area contributed by atoms with Crippen LogP contribution in [0, 0.1) is 0 Å². The predicted molar refractivity (Wildman–Crippen MR) is 68.6 cm³/mol. The van der Waals surface area contributed by atoms with Gasteiger partial charge in [-0.15, -0.1) is 0 Å². The summed E-state index contributed by atoms with van der Waals surface area (Å²) in [4.78, 5) is -0.0931. The molecule has 0 aromatic heterocycles. The van der Waals surface area contributed by atoms with Gasteiger partial charge < -0.3 is 5.73 Å². The zero-order valence-corrected chi connectivity index (χ0v) is 11.4. The number of hydrogen-bond acceptors (Lipinski definition) is 3. The third kappa shape index (κ3) is 3.58. The highest BCUT2D eigenvalue weighted by atomic mass is 79.9. The van der Waals surface area contributed by atoms with Gasteiger partial charge in [0.15, 0.2) is 0 Å². The normalized spacial score (nSPS) is 11.5. The molecule has 0 spiro atoms. The van der Waals surface area contributed by atoms with Gasteiger partial charge in [-0.2, -0.15) is 8.78 Å². The van der Waals surface area contributed by atoms with Crippen LogP contribution in [0.2, 0.25) is 0 Å². The molecule has 17 heavy (non-hydrogen) atoms. The smallest absolute Gasteiger partial charge is 0.355 e. The summed E-state index contributed by atoms with van der Waals surface area (Å²) in [5.74, 6) is -3.53. The van der Waals surface area contributed by atoms with Crippen LogP contribution >= 0.6 is 28.1 Å². The lowest BCUT2D eigenvalue weighted by atomic mass is 10.2. The average molecular weight is 345 g/mol. The summed E-state index contributed by atoms with van der Waals surface area (Å²) in [6, 6.07) is 4.29. The van der Waals surface area contributed by atoms with Crippen molar-refractivity contribution in [2.24, 2.45) is 5.73 Å². The molecule has 0 fully saturated rings. The monoisotopic (exact) mass is 344 g/mol. The number of anilines is 1. The lowest BCUT2D eigenvalue weighted by Gasteiger charge is -2.11. The molecular formula is C8H7BrF2N2O2S2. The molecule has 0 aliphatic rings. The van der Waals surface area contributed by atoms with E-state index in [2.05, 4.69) is 28.1 Å². The Hall–Kier alpha value is -0.800. The third-order valence-corrected chi connectivity index (χ3v) is 3.42. The van der Waals surface area contributed by atoms with Crippen molar-refractivity contribution in [3.05, 3.63) is 28.2 Å². The number of alkyl halides is 2. The Morgan fingerprint density at radius 3 is 2.53 bits per heavy atom. The molecule has 0 saturated carbocycles. The molecule has 0 unspecified atom stereocenters. The van der Waals surface area contributed by atoms with Gasteiger partial charge >= 0.3 is 5.76 Å². The molecule has 94 valence electrons. The summed E-state index contributed by atoms with van der Waals surface area (Å²) in [6.07, 6.45) is 0. The molecule has 0 heterocycles. The van der Waals surface area contributed by atoms with Crippen molar-refractivity contribution in [1.82, 2.24) is 0 Å². The zero-order chi connectivity index (χ0) is 13.2. The Balaban J connectivity index is 3.22. The molecule has 0 saturated heterocycles. The largest absolute Gasteiger partial charge is 0.389 e. The fraction of sp³-hybridized carbons (Fsp3) is 0.125. The number of benzene rings is 1. The van der Waals surface area contributed by atoms with Gasteiger partial charge in [0.25, 0.3) is 10.0 Å². The Bertz CT molecular complexity index is 548. The van der Waals surface area contributed by atoms with Gasteiger partial charge in [0.05, 0.1) is 5.69 Å². The molecular weight excluding hydrogens is 338 g/mol. The van der Waals surface area contributed by atoms with Crippen molar-refractivity contribution in [3.63, 3.8) is 0 Å². The van der Waals surface area contributed by atoms with Crippen LogP contribution in [0.15, 0.2) is 22.7 Å². The molecule has 0 aliphatic carbocycles. The van der Waals surface area contributed by atoms with Crippen LogP contribution in [0.4, 0.5) is 14.5 Å². The second kappa shape index (κ2) is 5.23. The van der Waals surface area contributed by atoms with Crippen LogP contribution in [-0.4, -0.2) is 19.2 Å². The average Bonchev–Trinajstić information content (AvgIpc) is 2.15. The van der Waals surface area contributed by atoms with Gasteiger partial charge in [0, 0.05) is 10.0 Å². The van der Waals surface area contributed by atoms with Crippen LogP contribution in [0.1, 0.15) is 5.56 Å². The maximum atomic E-state index is 12.2. The van der Waals surface area contributed by atoms with E-state index in [1.807, 2.05) is 0 Å². The Morgan fingerprint density at radius 1 is 1.47 bits per heavy atom. The van der Waals surface area contributed by atoms with Gasteiger partial charge in [0.1, 0.15) is 4.99 Å². The maximum Gasteiger partial charge on any atom is 0.355 e. The van der Waals surface area contributed by atoms with Crippen LogP contribution in [0.25, 0.3) is 0 Å². The van der Waals surface area contributed by atoms with Crippen molar-refractivity contribution in [3.8, 4) is 0 Å². The van der Waals surface area contributed by atoms with E-state index in [1.165, 1.54) is 12.1 Å². The van der Waals surface area contributed by atoms with Gasteiger partial charge in [0.2, 0.25) is 0 Å². The highest BCUT2D eigenvalue weighted by Gasteiger charge is 2.25. The standard InChI is InChI=1S/C8H7BrF2N2O2S2/c9-4-1-2-5(7(12)16)6(3-4)13-17(14,15)8(10)11/h1-3,8,13H,(H2,12,16). The lowest BCUT2D eigenvalue weighted by molar-refractivity contribution is 0.236. The molecule has 0 atom stereocenters. The molecule has 4 nitrogen and oxygen atoms in total. The number of rotatable bonds is 4. The first-order chi connectivity index (χ1) is 7.74. The topological polar surface area (TPSA) is 72.2 Å². The summed E-state index contributed by atoms with van der Waals surface area (Å²) in [5, 5.41) is 0. The first kappa shape index (κ1) is 14.3. The number of nitrogens with one attached hydrogen (secondary N) is 1.